The Morgan fingerprint density at radius 2 is 1.76 bits per heavy atom. The summed E-state index contributed by atoms with van der Waals surface area (Å²) in [4.78, 5) is 19.6. The number of pyridine rings is 2. The highest BCUT2D eigenvalue weighted by molar-refractivity contribution is 5.95. The number of anilines is 1. The molecule has 6 heteroatoms. The van der Waals surface area contributed by atoms with Gasteiger partial charge in [-0.15, -0.1) is 0 Å². The lowest BCUT2D eigenvalue weighted by Crippen LogP contribution is -2.35. The highest BCUT2D eigenvalue weighted by Crippen LogP contribution is 2.35. The van der Waals surface area contributed by atoms with Gasteiger partial charge >= 0.3 is 0 Å². The van der Waals surface area contributed by atoms with Crippen molar-refractivity contribution in [3.63, 3.8) is 0 Å². The summed E-state index contributed by atoms with van der Waals surface area (Å²) in [7, 11) is 1.72. The number of nitrogens with zero attached hydrogens (tertiary/aromatic N) is 5. The van der Waals surface area contributed by atoms with Crippen LogP contribution in [0.2, 0.25) is 0 Å². The van der Waals surface area contributed by atoms with Crippen LogP contribution >= 0.6 is 0 Å². The molecule has 0 aliphatic carbocycles. The van der Waals surface area contributed by atoms with Gasteiger partial charge in [-0.25, -0.2) is 0 Å². The van der Waals surface area contributed by atoms with Crippen molar-refractivity contribution in [1.29, 1.82) is 10.5 Å². The summed E-state index contributed by atoms with van der Waals surface area (Å²) >= 11 is 0. The standard InChI is InChI=1S/C27H23N5O/c1-17-13-20(15-28)22-14-19(7-8-24(22)30-17)18-9-11-32(12-10-18)26-21-5-3-4-6-25(21)31(2)27(33)23(26)16-29/h3-8,13-14,18H,9-12H2,1-2H3. The van der Waals surface area contributed by atoms with Crippen LogP contribution in [0.25, 0.3) is 21.8 Å². The number of benzene rings is 2. The fraction of sp³-hybridized carbons (Fsp3) is 0.259. The number of para-hydroxylation sites is 1. The number of hydrogen-bond donors (Lipinski definition) is 0. The van der Waals surface area contributed by atoms with Crippen molar-refractivity contribution in [2.45, 2.75) is 25.7 Å². The van der Waals surface area contributed by atoms with Crippen molar-refractivity contribution in [3.8, 4) is 12.1 Å². The maximum atomic E-state index is 12.9. The molecule has 0 atom stereocenters. The largest absolute Gasteiger partial charge is 0.370 e. The molecule has 5 rings (SSSR count). The Bertz CT molecular complexity index is 1550. The van der Waals surface area contributed by atoms with Crippen molar-refractivity contribution < 1.29 is 0 Å². The first-order valence-corrected chi connectivity index (χ1v) is 11.1. The zero-order valence-electron chi connectivity index (χ0n) is 18.7. The molecule has 0 amide bonds. The summed E-state index contributed by atoms with van der Waals surface area (Å²) in [6, 6.07) is 20.3. The number of piperidine rings is 1. The molecule has 0 radical (unpaired) electrons. The Morgan fingerprint density at radius 3 is 2.48 bits per heavy atom. The SMILES string of the molecule is Cc1cc(C#N)c2cc(C3CCN(c4c(C#N)c(=O)n(C)c5ccccc45)CC3)ccc2n1. The van der Waals surface area contributed by atoms with Gasteiger partial charge in [0.25, 0.3) is 5.56 Å². The van der Waals surface area contributed by atoms with E-state index in [0.717, 1.165) is 59.1 Å². The Labute approximate surface area is 191 Å². The molecule has 1 fully saturated rings. The van der Waals surface area contributed by atoms with Crippen molar-refractivity contribution in [2.75, 3.05) is 18.0 Å². The van der Waals surface area contributed by atoms with Crippen LogP contribution in [0.3, 0.4) is 0 Å². The average molecular weight is 434 g/mol. The molecule has 1 saturated heterocycles. The Morgan fingerprint density at radius 1 is 1.00 bits per heavy atom. The smallest absolute Gasteiger partial charge is 0.270 e. The lowest BCUT2D eigenvalue weighted by molar-refractivity contribution is 0.506. The van der Waals surface area contributed by atoms with E-state index < -0.39 is 0 Å². The zero-order chi connectivity index (χ0) is 23.1. The van der Waals surface area contributed by atoms with Gasteiger partial charge in [-0.3, -0.25) is 9.78 Å². The minimum absolute atomic E-state index is 0.209. The highest BCUT2D eigenvalue weighted by Gasteiger charge is 2.26. The Hall–Kier alpha value is -4.16. The molecule has 0 saturated carbocycles. The van der Waals surface area contributed by atoms with E-state index in [1.54, 1.807) is 11.6 Å². The van der Waals surface area contributed by atoms with Crippen LogP contribution in [0.15, 0.2) is 53.3 Å². The van der Waals surface area contributed by atoms with Gasteiger partial charge in [0.2, 0.25) is 0 Å². The molecule has 2 aromatic heterocycles. The third kappa shape index (κ3) is 3.41. The number of hydrogen-bond acceptors (Lipinski definition) is 5. The number of aryl methyl sites for hydroxylation is 2. The number of nitriles is 2. The second kappa shape index (κ2) is 8.07. The fourth-order valence-electron chi connectivity index (χ4n) is 5.07. The van der Waals surface area contributed by atoms with E-state index in [-0.39, 0.29) is 11.1 Å². The maximum absolute atomic E-state index is 12.9. The average Bonchev–Trinajstić information content (AvgIpc) is 2.85. The lowest BCUT2D eigenvalue weighted by Gasteiger charge is -2.35. The van der Waals surface area contributed by atoms with Crippen molar-refractivity contribution >= 4 is 27.5 Å². The summed E-state index contributed by atoms with van der Waals surface area (Å²) < 4.78 is 1.56. The first-order chi connectivity index (χ1) is 16.0. The predicted octanol–water partition coefficient (Wildman–Crippen LogP) is 4.52. The van der Waals surface area contributed by atoms with Gasteiger partial charge in [0.05, 0.1) is 28.4 Å². The highest BCUT2D eigenvalue weighted by atomic mass is 16.1. The quantitative estimate of drug-likeness (QED) is 0.464. The molecule has 6 nitrogen and oxygen atoms in total. The normalized spacial score (nSPS) is 14.4. The van der Waals surface area contributed by atoms with Gasteiger partial charge in [0.15, 0.2) is 0 Å². The molecular weight excluding hydrogens is 410 g/mol. The molecule has 33 heavy (non-hydrogen) atoms. The van der Waals surface area contributed by atoms with E-state index in [1.165, 1.54) is 5.56 Å². The van der Waals surface area contributed by atoms with Crippen LogP contribution in [0.5, 0.6) is 0 Å². The van der Waals surface area contributed by atoms with Crippen LogP contribution < -0.4 is 10.5 Å². The minimum Gasteiger partial charge on any atom is -0.370 e. The van der Waals surface area contributed by atoms with Crippen LogP contribution in [0, 0.1) is 29.6 Å². The number of rotatable bonds is 2. The van der Waals surface area contributed by atoms with Crippen LogP contribution in [-0.4, -0.2) is 22.6 Å². The number of aromatic nitrogens is 2. The lowest BCUT2D eigenvalue weighted by atomic mass is 9.87. The van der Waals surface area contributed by atoms with E-state index in [9.17, 15) is 15.3 Å². The van der Waals surface area contributed by atoms with Crippen molar-refractivity contribution in [3.05, 3.63) is 81.3 Å². The van der Waals surface area contributed by atoms with Crippen LogP contribution in [0.4, 0.5) is 5.69 Å². The molecule has 3 heterocycles. The first kappa shape index (κ1) is 20.7. The predicted molar refractivity (Wildman–Crippen MR) is 129 cm³/mol. The van der Waals surface area contributed by atoms with E-state index >= 15 is 0 Å². The first-order valence-electron chi connectivity index (χ1n) is 11.1. The van der Waals surface area contributed by atoms with E-state index in [2.05, 4.69) is 34.2 Å². The summed E-state index contributed by atoms with van der Waals surface area (Å²) in [6.07, 6.45) is 1.81. The van der Waals surface area contributed by atoms with E-state index in [4.69, 9.17) is 0 Å². The van der Waals surface area contributed by atoms with Crippen molar-refractivity contribution in [1.82, 2.24) is 9.55 Å². The second-order valence-corrected chi connectivity index (χ2v) is 8.68. The molecule has 0 spiro atoms. The van der Waals surface area contributed by atoms with E-state index in [0.29, 0.717) is 11.5 Å². The van der Waals surface area contributed by atoms with Gasteiger partial charge in [0.1, 0.15) is 11.6 Å². The maximum Gasteiger partial charge on any atom is 0.270 e. The summed E-state index contributed by atoms with van der Waals surface area (Å²) in [5.74, 6) is 0.349. The molecule has 4 aromatic rings. The van der Waals surface area contributed by atoms with Crippen LogP contribution in [0.1, 0.15) is 41.1 Å². The summed E-state index contributed by atoms with van der Waals surface area (Å²) in [5, 5.41) is 21.2. The topological polar surface area (TPSA) is 85.7 Å². The Balaban J connectivity index is 1.48. The van der Waals surface area contributed by atoms with Crippen molar-refractivity contribution in [2.24, 2.45) is 7.05 Å². The molecule has 0 bridgehead atoms. The minimum atomic E-state index is -0.255. The molecular formula is C27H23N5O. The second-order valence-electron chi connectivity index (χ2n) is 8.68. The summed E-state index contributed by atoms with van der Waals surface area (Å²) in [5.41, 5.74) is 5.09. The molecule has 1 aliphatic rings. The van der Waals surface area contributed by atoms with Gasteiger partial charge < -0.3 is 9.47 Å². The Kier molecular flexibility index (Phi) is 5.07. The number of fused-ring (bicyclic) bond motifs is 2. The zero-order valence-corrected chi connectivity index (χ0v) is 18.7. The fourth-order valence-corrected chi connectivity index (χ4v) is 5.07. The van der Waals surface area contributed by atoms with Crippen LogP contribution in [-0.2, 0) is 7.05 Å². The van der Waals surface area contributed by atoms with Gasteiger partial charge in [-0.1, -0.05) is 24.3 Å². The molecule has 0 unspecified atom stereocenters. The molecule has 1 aliphatic heterocycles. The molecule has 2 aromatic carbocycles. The van der Waals surface area contributed by atoms with E-state index in [1.807, 2.05) is 43.3 Å². The third-order valence-electron chi connectivity index (χ3n) is 6.75. The monoisotopic (exact) mass is 433 g/mol. The van der Waals surface area contributed by atoms with Gasteiger partial charge in [0, 0.05) is 36.6 Å². The van der Waals surface area contributed by atoms with Gasteiger partial charge in [-0.2, -0.15) is 10.5 Å². The summed E-state index contributed by atoms with van der Waals surface area (Å²) in [6.45, 7) is 3.41. The molecule has 162 valence electrons. The third-order valence-corrected chi connectivity index (χ3v) is 6.75. The molecule has 0 N–H and O–H groups in total. The van der Waals surface area contributed by atoms with Gasteiger partial charge in [-0.05, 0) is 55.5 Å².